The van der Waals surface area contributed by atoms with Gasteiger partial charge >= 0.3 is 29.6 Å². The third kappa shape index (κ3) is 2.19. The number of amides is 2. The van der Waals surface area contributed by atoms with Crippen LogP contribution >= 0.6 is 0 Å². The van der Waals surface area contributed by atoms with E-state index in [4.69, 9.17) is 0 Å². The van der Waals surface area contributed by atoms with E-state index in [2.05, 4.69) is 5.32 Å². The zero-order chi connectivity index (χ0) is 10.3. The zero-order valence-electron chi connectivity index (χ0n) is 7.77. The van der Waals surface area contributed by atoms with E-state index in [0.717, 1.165) is 0 Å². The molecule has 0 aromatic heterocycles. The van der Waals surface area contributed by atoms with Crippen molar-refractivity contribution in [2.24, 2.45) is 0 Å². The van der Waals surface area contributed by atoms with E-state index < -0.39 is 22.9 Å². The van der Waals surface area contributed by atoms with Gasteiger partial charge in [-0.15, -0.1) is 0 Å². The minimum absolute atomic E-state index is 0. The van der Waals surface area contributed by atoms with Crippen molar-refractivity contribution in [1.29, 1.82) is 0 Å². The Morgan fingerprint density at radius 1 is 1.13 bits per heavy atom. The van der Waals surface area contributed by atoms with Gasteiger partial charge in [-0.2, -0.15) is 0 Å². The molecular formula is C8H4NNaO4S. The van der Waals surface area contributed by atoms with E-state index in [0.29, 0.717) is 0 Å². The molecule has 0 fully saturated rings. The average Bonchev–Trinajstić information content (AvgIpc) is 2.42. The van der Waals surface area contributed by atoms with E-state index in [1.165, 1.54) is 18.2 Å². The minimum Gasteiger partial charge on any atom is -0.768 e. The van der Waals surface area contributed by atoms with Crippen LogP contribution in [0.1, 0.15) is 20.7 Å². The molecule has 2 amide bonds. The van der Waals surface area contributed by atoms with Gasteiger partial charge in [-0.1, -0.05) is 0 Å². The first-order valence-electron chi connectivity index (χ1n) is 3.68. The number of nitrogens with one attached hydrogen (secondary N) is 1. The second-order valence-corrected chi connectivity index (χ2v) is 3.67. The van der Waals surface area contributed by atoms with Crippen LogP contribution in [0.3, 0.4) is 0 Å². The molecule has 0 saturated heterocycles. The van der Waals surface area contributed by atoms with Crippen LogP contribution in [0.5, 0.6) is 0 Å². The number of rotatable bonds is 1. The van der Waals surface area contributed by atoms with Crippen LogP contribution in [0, 0.1) is 0 Å². The van der Waals surface area contributed by atoms with Gasteiger partial charge in [0.25, 0.3) is 11.8 Å². The van der Waals surface area contributed by atoms with Crippen LogP contribution in [0.2, 0.25) is 0 Å². The van der Waals surface area contributed by atoms with Crippen LogP contribution in [0.4, 0.5) is 0 Å². The number of carbonyl (C=O) groups is 2. The molecule has 7 heteroatoms. The number of carbonyl (C=O) groups excluding carboxylic acids is 2. The predicted molar refractivity (Wildman–Crippen MR) is 45.4 cm³/mol. The van der Waals surface area contributed by atoms with Crippen molar-refractivity contribution in [3.8, 4) is 0 Å². The molecule has 1 aromatic carbocycles. The molecule has 0 radical (unpaired) electrons. The average molecular weight is 233 g/mol. The fourth-order valence-corrected chi connectivity index (χ4v) is 1.64. The Kier molecular flexibility index (Phi) is 3.80. The summed E-state index contributed by atoms with van der Waals surface area (Å²) < 4.78 is 21.1. The first-order chi connectivity index (χ1) is 6.59. The first-order valence-corrected chi connectivity index (χ1v) is 4.76. The van der Waals surface area contributed by atoms with Crippen LogP contribution in [-0.2, 0) is 11.1 Å². The molecule has 72 valence electrons. The van der Waals surface area contributed by atoms with Crippen LogP contribution in [0.25, 0.3) is 0 Å². The maximum atomic E-state index is 11.1. The third-order valence-corrected chi connectivity index (χ3v) is 2.54. The zero-order valence-corrected chi connectivity index (χ0v) is 10.6. The molecular weight excluding hydrogens is 229 g/mol. The molecule has 5 nitrogen and oxygen atoms in total. The first kappa shape index (κ1) is 12.5. The summed E-state index contributed by atoms with van der Waals surface area (Å²) in [4.78, 5) is 22.2. The summed E-state index contributed by atoms with van der Waals surface area (Å²) in [6.07, 6.45) is 0. The molecule has 1 N–H and O–H groups in total. The maximum Gasteiger partial charge on any atom is 1.00 e. The third-order valence-electron chi connectivity index (χ3n) is 1.90. The number of fused-ring (bicyclic) bond motifs is 1. The molecule has 0 saturated carbocycles. The summed E-state index contributed by atoms with van der Waals surface area (Å²) >= 11 is -2.39. The molecule has 1 atom stereocenters. The van der Waals surface area contributed by atoms with Crippen molar-refractivity contribution in [3.05, 3.63) is 29.3 Å². The SMILES string of the molecule is O=C1NC(=O)c2cc(S(=O)[O-])ccc21.[Na+]. The van der Waals surface area contributed by atoms with E-state index in [-0.39, 0.29) is 45.6 Å². The van der Waals surface area contributed by atoms with Gasteiger partial charge in [-0.25, -0.2) is 0 Å². The van der Waals surface area contributed by atoms with Crippen molar-refractivity contribution < 1.29 is 47.9 Å². The number of hydrogen-bond acceptors (Lipinski definition) is 4. The normalized spacial score (nSPS) is 15.3. The molecule has 0 aliphatic carbocycles. The van der Waals surface area contributed by atoms with Crippen LogP contribution in [-0.4, -0.2) is 20.6 Å². The standard InChI is InChI=1S/C8H5NO4S.Na/c10-7-5-2-1-4(14(12)13)3-6(5)8(11)9-7;/h1-3H,(H,12,13)(H,9,10,11);/q;+1/p-1. The van der Waals surface area contributed by atoms with Crippen molar-refractivity contribution in [2.45, 2.75) is 4.90 Å². The van der Waals surface area contributed by atoms with Gasteiger partial charge in [-0.3, -0.25) is 19.1 Å². The Balaban J connectivity index is 0.00000112. The summed E-state index contributed by atoms with van der Waals surface area (Å²) in [5, 5.41) is 2.07. The van der Waals surface area contributed by atoms with E-state index >= 15 is 0 Å². The number of benzene rings is 1. The summed E-state index contributed by atoms with van der Waals surface area (Å²) in [6, 6.07) is 3.78. The predicted octanol–water partition coefficient (Wildman–Crippen LogP) is -3.19. The quantitative estimate of drug-likeness (QED) is 0.314. The van der Waals surface area contributed by atoms with Crippen molar-refractivity contribution >= 4 is 22.9 Å². The Morgan fingerprint density at radius 3 is 2.33 bits per heavy atom. The summed E-state index contributed by atoms with van der Waals surface area (Å²) in [7, 11) is 0. The molecule has 1 aliphatic heterocycles. The summed E-state index contributed by atoms with van der Waals surface area (Å²) in [5.41, 5.74) is 0.320. The second-order valence-electron chi connectivity index (χ2n) is 2.73. The smallest absolute Gasteiger partial charge is 0.768 e. The molecule has 1 heterocycles. The van der Waals surface area contributed by atoms with Crippen molar-refractivity contribution in [3.63, 3.8) is 0 Å². The molecule has 0 bridgehead atoms. The Labute approximate surface area is 110 Å². The maximum absolute atomic E-state index is 11.1. The van der Waals surface area contributed by atoms with Gasteiger partial charge in [-0.05, 0) is 29.3 Å². The topological polar surface area (TPSA) is 86.3 Å². The monoisotopic (exact) mass is 233 g/mol. The number of imide groups is 1. The molecule has 1 aromatic rings. The van der Waals surface area contributed by atoms with Gasteiger partial charge < -0.3 is 4.55 Å². The molecule has 1 unspecified atom stereocenters. The Bertz CT molecular complexity index is 474. The van der Waals surface area contributed by atoms with E-state index in [1.807, 2.05) is 0 Å². The summed E-state index contributed by atoms with van der Waals surface area (Å²) in [6.45, 7) is 0. The van der Waals surface area contributed by atoms with Gasteiger partial charge in [0.2, 0.25) is 0 Å². The second kappa shape index (κ2) is 4.54. The Morgan fingerprint density at radius 2 is 1.73 bits per heavy atom. The van der Waals surface area contributed by atoms with Gasteiger partial charge in [0.05, 0.1) is 11.1 Å². The molecule has 2 rings (SSSR count). The van der Waals surface area contributed by atoms with Gasteiger partial charge in [0.1, 0.15) is 0 Å². The van der Waals surface area contributed by atoms with Gasteiger partial charge in [0, 0.05) is 4.90 Å². The van der Waals surface area contributed by atoms with E-state index in [9.17, 15) is 18.4 Å². The largest absolute Gasteiger partial charge is 1.00 e. The Hall–Kier alpha value is -0.530. The fourth-order valence-electron chi connectivity index (χ4n) is 1.25. The molecule has 1 aliphatic rings. The van der Waals surface area contributed by atoms with Crippen molar-refractivity contribution in [1.82, 2.24) is 5.32 Å². The number of hydrogen-bond donors (Lipinski definition) is 1. The fraction of sp³-hybridized carbons (Fsp3) is 0. The molecule has 0 spiro atoms. The minimum atomic E-state index is -2.39. The van der Waals surface area contributed by atoms with Crippen LogP contribution < -0.4 is 34.9 Å². The molecule has 15 heavy (non-hydrogen) atoms. The summed E-state index contributed by atoms with van der Waals surface area (Å²) in [5.74, 6) is -1.05. The van der Waals surface area contributed by atoms with Crippen LogP contribution in [0.15, 0.2) is 23.1 Å². The van der Waals surface area contributed by atoms with Crippen molar-refractivity contribution in [2.75, 3.05) is 0 Å². The van der Waals surface area contributed by atoms with E-state index in [1.54, 1.807) is 0 Å². The van der Waals surface area contributed by atoms with Gasteiger partial charge in [0.15, 0.2) is 0 Å².